The van der Waals surface area contributed by atoms with E-state index in [1.54, 1.807) is 73.3 Å². The lowest BCUT2D eigenvalue weighted by atomic mass is 10.1. The second-order valence-electron chi connectivity index (χ2n) is 8.10. The molecule has 0 aliphatic carbocycles. The number of aliphatic hydroxyl groups is 1. The summed E-state index contributed by atoms with van der Waals surface area (Å²) in [6.45, 7) is 0. The van der Waals surface area contributed by atoms with Crippen molar-refractivity contribution in [1.82, 2.24) is 9.97 Å². The number of hydrogen-bond donors (Lipinski definition) is 4. The lowest BCUT2D eigenvalue weighted by molar-refractivity contribution is -0.151. The van der Waals surface area contributed by atoms with E-state index in [1.807, 2.05) is 0 Å². The van der Waals surface area contributed by atoms with E-state index < -0.39 is 24.1 Å². The Hall–Kier alpha value is -3.91. The number of Topliss-reactive ketones (excluding diaryl/α,β-unsaturated/α-hetero) is 3. The van der Waals surface area contributed by atoms with Crippen LogP contribution in [0.4, 0.5) is 11.4 Å². The molecule has 0 atom stereocenters. The average Bonchev–Trinajstić information content (AvgIpc) is 3.76. The van der Waals surface area contributed by atoms with E-state index in [1.165, 1.54) is 29.8 Å². The Morgan fingerprint density at radius 1 is 0.750 bits per heavy atom. The number of carbonyl (C=O) groups excluding carboxylic acids is 5. The van der Waals surface area contributed by atoms with E-state index in [2.05, 4.69) is 67.3 Å². The molecule has 258 valence electrons. The number of anilines is 2. The summed E-state index contributed by atoms with van der Waals surface area (Å²) in [6.07, 6.45) is 5.94. The van der Waals surface area contributed by atoms with E-state index in [9.17, 15) is 24.0 Å². The first-order valence-corrected chi connectivity index (χ1v) is 16.1. The van der Waals surface area contributed by atoms with Crippen LogP contribution in [0.3, 0.4) is 0 Å². The molecule has 0 aliphatic rings. The molecule has 0 aliphatic heterocycles. The summed E-state index contributed by atoms with van der Waals surface area (Å²) < 4.78 is 10.5. The quantitative estimate of drug-likeness (QED) is 0.0286. The van der Waals surface area contributed by atoms with E-state index in [0.29, 0.717) is 15.4 Å². The molecule has 0 bridgehead atoms. The maximum Gasteiger partial charge on any atom is 0.374 e. The first-order chi connectivity index (χ1) is 22.6. The number of nitrogen functional groups attached to an aromatic ring is 1. The first kappa shape index (κ1) is 44.1. The molecule has 4 aromatic rings. The van der Waals surface area contributed by atoms with Gasteiger partial charge in [0.1, 0.15) is 0 Å². The van der Waals surface area contributed by atoms with E-state index in [4.69, 9.17) is 10.9 Å². The van der Waals surface area contributed by atoms with Crippen LogP contribution in [-0.4, -0.2) is 71.4 Å². The van der Waals surface area contributed by atoms with Crippen LogP contribution in [0.1, 0.15) is 32.2 Å². The zero-order valence-electron chi connectivity index (χ0n) is 25.5. The van der Waals surface area contributed by atoms with Crippen molar-refractivity contribution >= 4 is 113 Å². The van der Waals surface area contributed by atoms with Gasteiger partial charge in [0, 0.05) is 31.9 Å². The van der Waals surface area contributed by atoms with Crippen molar-refractivity contribution in [1.29, 1.82) is 0 Å². The predicted molar refractivity (Wildman–Crippen MR) is 194 cm³/mol. The number of esters is 2. The number of ketones is 3. The molecule has 0 saturated carbocycles. The smallest absolute Gasteiger partial charge is 0.374 e. The van der Waals surface area contributed by atoms with Gasteiger partial charge in [-0.2, -0.15) is 5.10 Å². The number of hydrogen-bond acceptors (Lipinski definition) is 16. The number of hydrazine groups is 1. The summed E-state index contributed by atoms with van der Waals surface area (Å²) in [5.41, 5.74) is 6.74. The third kappa shape index (κ3) is 16.8. The number of pyridine rings is 2. The van der Waals surface area contributed by atoms with Gasteiger partial charge in [-0.1, -0.05) is 0 Å². The largest absolute Gasteiger partial charge is 0.464 e. The average molecular weight is 851 g/mol. The number of aliphatic hydroxyl groups excluding tert-OH is 1. The van der Waals surface area contributed by atoms with Gasteiger partial charge >= 0.3 is 11.9 Å². The van der Waals surface area contributed by atoms with Crippen LogP contribution in [0.15, 0.2) is 86.0 Å². The molecule has 48 heavy (non-hydrogen) atoms. The highest BCUT2D eigenvalue weighted by Gasteiger charge is 2.20. The molecule has 0 spiro atoms. The van der Waals surface area contributed by atoms with Crippen LogP contribution < -0.4 is 16.7 Å². The molecular weight excluding hydrogens is 820 g/mol. The molecular formula is C29H31Br2ClN6O8S2. The Kier molecular flexibility index (Phi) is 23.1. The summed E-state index contributed by atoms with van der Waals surface area (Å²) in [5.74, 6) is 2.04. The topological polar surface area (TPSA) is 212 Å². The number of ether oxygens (including phenoxy) is 2. The maximum absolute atomic E-state index is 12.2. The fraction of sp³-hybridized carbons (Fsp3) is 0.172. The zero-order chi connectivity index (χ0) is 35.2. The number of rotatable bonds is 11. The van der Waals surface area contributed by atoms with E-state index in [0.717, 1.165) is 27.5 Å². The predicted octanol–water partition coefficient (Wildman–Crippen LogP) is 5.34. The highest BCUT2D eigenvalue weighted by atomic mass is 79.9. The van der Waals surface area contributed by atoms with Crippen molar-refractivity contribution in [2.24, 2.45) is 10.9 Å². The number of nitrogens with two attached hydrogens (primary N) is 1. The number of nitrogens with zero attached hydrogens (tertiary/aromatic N) is 3. The molecule has 4 rings (SSSR count). The molecule has 0 unspecified atom stereocenters. The van der Waals surface area contributed by atoms with Crippen molar-refractivity contribution in [2.45, 2.75) is 12.8 Å². The minimum absolute atomic E-state index is 0. The fourth-order valence-corrected chi connectivity index (χ4v) is 5.52. The number of thiophene rings is 2. The fourth-order valence-electron chi connectivity index (χ4n) is 2.87. The van der Waals surface area contributed by atoms with Gasteiger partial charge in [-0.15, -0.1) is 35.1 Å². The number of carbonyl (C=O) groups is 5. The van der Waals surface area contributed by atoms with Crippen LogP contribution in [-0.2, 0) is 23.9 Å². The number of nitrogens with one attached hydrogen (secondary N) is 2. The molecule has 0 aromatic carbocycles. The van der Waals surface area contributed by atoms with Crippen LogP contribution >= 0.6 is 66.9 Å². The molecule has 14 nitrogen and oxygen atoms in total. The standard InChI is InChI=1S/C14H12BrN3O3S.C9H7BrO4S.C5H7N3.CH4O.ClH/c1-21-14(20)10(18-17-9-4-6-16-7-5-9)8-11(19)12-2-3-13(15)22-12;1-14-9(13)6(12)4-5(11)7-2-3-8(10)15-7;6-8-5-1-3-7-4-2-5;1-2;/h2-7H,8H2,1H3,(H,16,17);2-3H,4H2,1H3;1-4H,6H2,(H,7,8);2H,1H3;1H. The van der Waals surface area contributed by atoms with Gasteiger partial charge in [-0.3, -0.25) is 35.6 Å². The van der Waals surface area contributed by atoms with Gasteiger partial charge in [0.2, 0.25) is 5.78 Å². The third-order valence-electron chi connectivity index (χ3n) is 5.03. The SMILES string of the molecule is CO.COC(=O)C(=O)CC(=O)c1ccc(Br)s1.COC(=O)C(CC(=O)c1ccc(Br)s1)=NNc1ccncc1.Cl.NNc1ccncc1. The second-order valence-corrected chi connectivity index (χ2v) is 13.0. The highest BCUT2D eigenvalue weighted by molar-refractivity contribution is 9.11. The van der Waals surface area contributed by atoms with Gasteiger partial charge in [-0.05, 0) is 80.4 Å². The van der Waals surface area contributed by atoms with Crippen LogP contribution in [0.25, 0.3) is 0 Å². The molecule has 4 aromatic heterocycles. The van der Waals surface area contributed by atoms with Gasteiger partial charge in [-0.25, -0.2) is 9.59 Å². The molecule has 0 fully saturated rings. The van der Waals surface area contributed by atoms with Crippen LogP contribution in [0.2, 0.25) is 0 Å². The molecule has 5 N–H and O–H groups in total. The normalized spacial score (nSPS) is 9.69. The van der Waals surface area contributed by atoms with Crippen molar-refractivity contribution in [3.63, 3.8) is 0 Å². The van der Waals surface area contributed by atoms with Crippen molar-refractivity contribution in [3.05, 3.63) is 90.6 Å². The number of hydrazone groups is 1. The lowest BCUT2D eigenvalue weighted by Crippen LogP contribution is -2.21. The molecule has 4 heterocycles. The Balaban J connectivity index is 0.000000734. The molecule has 0 amide bonds. The Bertz CT molecular complexity index is 1630. The van der Waals surface area contributed by atoms with Gasteiger partial charge < -0.3 is 20.0 Å². The molecule has 0 saturated heterocycles. The van der Waals surface area contributed by atoms with Crippen LogP contribution in [0.5, 0.6) is 0 Å². The van der Waals surface area contributed by atoms with Crippen molar-refractivity contribution in [3.8, 4) is 0 Å². The maximum atomic E-state index is 12.2. The molecule has 19 heteroatoms. The van der Waals surface area contributed by atoms with Crippen molar-refractivity contribution < 1.29 is 38.6 Å². The summed E-state index contributed by atoms with van der Waals surface area (Å²) in [4.78, 5) is 65.8. The van der Waals surface area contributed by atoms with Gasteiger partial charge in [0.25, 0.3) is 0 Å². The van der Waals surface area contributed by atoms with Crippen LogP contribution in [0, 0.1) is 0 Å². The minimum atomic E-state index is -0.987. The van der Waals surface area contributed by atoms with Gasteiger partial charge in [0.05, 0.1) is 55.8 Å². The molecule has 0 radical (unpaired) electrons. The summed E-state index contributed by atoms with van der Waals surface area (Å²) in [5, 5.41) is 11.0. The summed E-state index contributed by atoms with van der Waals surface area (Å²) in [7, 11) is 3.35. The summed E-state index contributed by atoms with van der Waals surface area (Å²) in [6, 6.07) is 13.7. The van der Waals surface area contributed by atoms with E-state index >= 15 is 0 Å². The third-order valence-corrected chi connectivity index (χ3v) is 8.36. The lowest BCUT2D eigenvalue weighted by Gasteiger charge is -2.05. The second kappa shape index (κ2) is 25.2. The Morgan fingerprint density at radius 3 is 1.56 bits per heavy atom. The van der Waals surface area contributed by atoms with Gasteiger partial charge in [0.15, 0.2) is 17.3 Å². The first-order valence-electron chi connectivity index (χ1n) is 12.9. The Labute approximate surface area is 306 Å². The number of aromatic nitrogens is 2. The minimum Gasteiger partial charge on any atom is -0.464 e. The number of halogens is 3. The number of methoxy groups -OCH3 is 2. The summed E-state index contributed by atoms with van der Waals surface area (Å²) >= 11 is 9.02. The monoisotopic (exact) mass is 848 g/mol. The Morgan fingerprint density at radius 2 is 1.19 bits per heavy atom. The van der Waals surface area contributed by atoms with Crippen molar-refractivity contribution in [2.75, 3.05) is 32.2 Å². The zero-order valence-corrected chi connectivity index (χ0v) is 31.2. The van der Waals surface area contributed by atoms with E-state index in [-0.39, 0.29) is 36.1 Å². The highest BCUT2D eigenvalue weighted by Crippen LogP contribution is 2.24.